The molecule has 2 rings (SSSR count). The van der Waals surface area contributed by atoms with Gasteiger partial charge in [-0.05, 0) is 53.4 Å². The van der Waals surface area contributed by atoms with Crippen molar-refractivity contribution in [2.45, 2.75) is 32.5 Å². The van der Waals surface area contributed by atoms with Crippen LogP contribution in [0.5, 0.6) is 5.75 Å². The summed E-state index contributed by atoms with van der Waals surface area (Å²) < 4.78 is 5.74. The van der Waals surface area contributed by atoms with Crippen LogP contribution in [0.25, 0.3) is 0 Å². The summed E-state index contributed by atoms with van der Waals surface area (Å²) in [4.78, 5) is 12.2. The predicted octanol–water partition coefficient (Wildman–Crippen LogP) is 3.06. The van der Waals surface area contributed by atoms with Crippen LogP contribution in [-0.2, 0) is 4.79 Å². The minimum Gasteiger partial charge on any atom is -0.481 e. The number of rotatable bonds is 7. The lowest BCUT2D eigenvalue weighted by molar-refractivity contribution is -0.128. The number of benzene rings is 1. The fourth-order valence-electron chi connectivity index (χ4n) is 2.07. The van der Waals surface area contributed by atoms with Gasteiger partial charge in [0.1, 0.15) is 5.75 Å². The van der Waals surface area contributed by atoms with Crippen molar-refractivity contribution in [3.8, 4) is 5.75 Å². The third kappa shape index (κ3) is 4.58. The van der Waals surface area contributed by atoms with E-state index in [-0.39, 0.29) is 12.5 Å². The average Bonchev–Trinajstić information content (AvgIpc) is 3.04. The Hall–Kier alpha value is -1.85. The van der Waals surface area contributed by atoms with Crippen molar-refractivity contribution in [3.63, 3.8) is 0 Å². The van der Waals surface area contributed by atoms with Crippen LogP contribution in [0.2, 0.25) is 0 Å². The van der Waals surface area contributed by atoms with Crippen LogP contribution < -0.4 is 10.1 Å². The molecule has 1 amide bonds. The van der Waals surface area contributed by atoms with Crippen LogP contribution in [0.1, 0.15) is 30.6 Å². The lowest BCUT2D eigenvalue weighted by Crippen LogP contribution is -2.39. The number of hydrogen-bond acceptors (Lipinski definition) is 4. The van der Waals surface area contributed by atoms with Crippen LogP contribution in [-0.4, -0.2) is 23.7 Å². The van der Waals surface area contributed by atoms with Gasteiger partial charge in [-0.1, -0.05) is 19.1 Å². The van der Waals surface area contributed by atoms with Gasteiger partial charge in [-0.15, -0.1) is 0 Å². The molecule has 0 aliphatic carbocycles. The number of hydrogen-bond donors (Lipinski definition) is 2. The second-order valence-corrected chi connectivity index (χ2v) is 5.93. The maximum Gasteiger partial charge on any atom is 0.261 e. The molecule has 2 aromatic rings. The number of carbonyl (C=O) groups excluding carboxylic acids is 1. The molecule has 2 N–H and O–H groups in total. The van der Waals surface area contributed by atoms with Gasteiger partial charge in [0.05, 0.1) is 6.10 Å². The molecule has 4 nitrogen and oxygen atoms in total. The third-order valence-corrected chi connectivity index (χ3v) is 4.03. The molecule has 0 aliphatic heterocycles. The van der Waals surface area contributed by atoms with Gasteiger partial charge >= 0.3 is 0 Å². The number of aliphatic hydroxyl groups is 1. The summed E-state index contributed by atoms with van der Waals surface area (Å²) in [6, 6.07) is 9.46. The average molecular weight is 319 g/mol. The lowest BCUT2D eigenvalue weighted by atomic mass is 10.2. The molecule has 1 aromatic heterocycles. The summed E-state index contributed by atoms with van der Waals surface area (Å²) in [7, 11) is 0. The van der Waals surface area contributed by atoms with Gasteiger partial charge in [-0.25, -0.2) is 0 Å². The fourth-order valence-corrected chi connectivity index (χ4v) is 2.78. The van der Waals surface area contributed by atoms with Gasteiger partial charge in [0.25, 0.3) is 5.91 Å². The molecular weight excluding hydrogens is 298 g/mol. The van der Waals surface area contributed by atoms with Crippen molar-refractivity contribution < 1.29 is 14.6 Å². The van der Waals surface area contributed by atoms with Crippen LogP contribution in [0.15, 0.2) is 41.1 Å². The Morgan fingerprint density at radius 1 is 1.41 bits per heavy atom. The highest BCUT2D eigenvalue weighted by molar-refractivity contribution is 7.07. The highest BCUT2D eigenvalue weighted by Crippen LogP contribution is 2.17. The van der Waals surface area contributed by atoms with E-state index in [1.807, 2.05) is 54.9 Å². The number of aryl methyl sites for hydroxylation is 1. The first-order chi connectivity index (χ1) is 10.6. The largest absolute Gasteiger partial charge is 0.481 e. The first-order valence-corrected chi connectivity index (χ1v) is 8.25. The van der Waals surface area contributed by atoms with E-state index in [1.165, 1.54) is 11.3 Å². The van der Waals surface area contributed by atoms with E-state index in [9.17, 15) is 9.90 Å². The minimum absolute atomic E-state index is 0.184. The van der Waals surface area contributed by atoms with Gasteiger partial charge in [0.2, 0.25) is 0 Å². The Labute approximate surface area is 134 Å². The smallest absolute Gasteiger partial charge is 0.261 e. The predicted molar refractivity (Wildman–Crippen MR) is 88.2 cm³/mol. The zero-order chi connectivity index (χ0) is 15.9. The van der Waals surface area contributed by atoms with Crippen LogP contribution in [0, 0.1) is 6.92 Å². The van der Waals surface area contributed by atoms with Crippen LogP contribution in [0.3, 0.4) is 0 Å². The van der Waals surface area contributed by atoms with E-state index in [1.54, 1.807) is 0 Å². The number of nitrogens with one attached hydrogen (secondary N) is 1. The van der Waals surface area contributed by atoms with Gasteiger partial charge in [0, 0.05) is 6.54 Å². The summed E-state index contributed by atoms with van der Waals surface area (Å²) in [5.74, 6) is 0.471. The van der Waals surface area contributed by atoms with Gasteiger partial charge in [0.15, 0.2) is 6.10 Å². The minimum atomic E-state index is -0.688. The molecule has 0 fully saturated rings. The van der Waals surface area contributed by atoms with E-state index >= 15 is 0 Å². The van der Waals surface area contributed by atoms with E-state index in [0.717, 1.165) is 11.1 Å². The van der Waals surface area contributed by atoms with Crippen molar-refractivity contribution in [3.05, 3.63) is 52.2 Å². The van der Waals surface area contributed by atoms with Gasteiger partial charge in [-0.2, -0.15) is 11.3 Å². The van der Waals surface area contributed by atoms with Crippen molar-refractivity contribution in [2.24, 2.45) is 0 Å². The maximum atomic E-state index is 12.2. The van der Waals surface area contributed by atoms with E-state index in [4.69, 9.17) is 4.74 Å². The summed E-state index contributed by atoms with van der Waals surface area (Å²) in [6.45, 7) is 4.06. The fraction of sp³-hybridized carbons (Fsp3) is 0.353. The first kappa shape index (κ1) is 16.5. The normalized spacial score (nSPS) is 13.4. The van der Waals surface area contributed by atoms with Crippen molar-refractivity contribution >= 4 is 17.2 Å². The Morgan fingerprint density at radius 3 is 2.86 bits per heavy atom. The molecule has 0 aliphatic rings. The number of carbonyl (C=O) groups is 1. The van der Waals surface area contributed by atoms with E-state index in [0.29, 0.717) is 12.2 Å². The van der Waals surface area contributed by atoms with Crippen LogP contribution >= 0.6 is 11.3 Å². The topological polar surface area (TPSA) is 58.6 Å². The zero-order valence-corrected chi connectivity index (χ0v) is 13.6. The van der Waals surface area contributed by atoms with E-state index in [2.05, 4.69) is 5.32 Å². The molecule has 0 bridgehead atoms. The molecule has 1 heterocycles. The quantitative estimate of drug-likeness (QED) is 0.824. The summed E-state index contributed by atoms with van der Waals surface area (Å²) in [5.41, 5.74) is 1.90. The second-order valence-electron chi connectivity index (χ2n) is 5.15. The lowest BCUT2D eigenvalue weighted by Gasteiger charge is -2.18. The maximum absolute atomic E-state index is 12.2. The molecular formula is C17H21NO3S. The molecule has 118 valence electrons. The summed E-state index contributed by atoms with van der Waals surface area (Å²) >= 11 is 1.52. The molecule has 2 atom stereocenters. The van der Waals surface area contributed by atoms with Gasteiger partial charge in [-0.3, -0.25) is 4.79 Å². The van der Waals surface area contributed by atoms with Crippen molar-refractivity contribution in [2.75, 3.05) is 6.54 Å². The molecule has 0 saturated carbocycles. The van der Waals surface area contributed by atoms with E-state index < -0.39 is 12.2 Å². The number of thiophene rings is 1. The summed E-state index contributed by atoms with van der Waals surface area (Å²) in [5, 5.41) is 16.5. The number of amides is 1. The zero-order valence-electron chi connectivity index (χ0n) is 12.8. The summed E-state index contributed by atoms with van der Waals surface area (Å²) in [6.07, 6.45) is -0.683. The molecule has 0 spiro atoms. The molecule has 1 aromatic carbocycles. The monoisotopic (exact) mass is 319 g/mol. The SMILES string of the molecule is CCC(Oc1cccc(C)c1)C(=O)NCC(O)c1ccsc1. The van der Waals surface area contributed by atoms with Crippen LogP contribution in [0.4, 0.5) is 0 Å². The highest BCUT2D eigenvalue weighted by atomic mass is 32.1. The number of aliphatic hydroxyl groups excluding tert-OH is 1. The standard InChI is InChI=1S/C17H21NO3S/c1-3-16(21-14-6-4-5-12(2)9-14)17(20)18-10-15(19)13-7-8-22-11-13/h4-9,11,15-16,19H,3,10H2,1-2H3,(H,18,20). The molecule has 0 saturated heterocycles. The molecule has 22 heavy (non-hydrogen) atoms. The number of ether oxygens (including phenoxy) is 1. The Morgan fingerprint density at radius 2 is 2.23 bits per heavy atom. The Balaban J connectivity index is 1.89. The van der Waals surface area contributed by atoms with Crippen molar-refractivity contribution in [1.29, 1.82) is 0 Å². The molecule has 5 heteroatoms. The highest BCUT2D eigenvalue weighted by Gasteiger charge is 2.19. The third-order valence-electron chi connectivity index (χ3n) is 3.33. The van der Waals surface area contributed by atoms with Gasteiger partial charge < -0.3 is 15.2 Å². The molecule has 0 radical (unpaired) electrons. The Bertz CT molecular complexity index is 598. The Kier molecular flexibility index (Phi) is 5.98. The van der Waals surface area contributed by atoms with Crippen molar-refractivity contribution in [1.82, 2.24) is 5.32 Å². The second kappa shape index (κ2) is 7.96. The first-order valence-electron chi connectivity index (χ1n) is 7.31. The molecule has 2 unspecified atom stereocenters.